The second-order valence-corrected chi connectivity index (χ2v) is 8.81. The fraction of sp³-hybridized carbons (Fsp3) is 0.318. The summed E-state index contributed by atoms with van der Waals surface area (Å²) in [6.45, 7) is 3.50. The lowest BCUT2D eigenvalue weighted by molar-refractivity contribution is -0.130. The Morgan fingerprint density at radius 3 is 2.38 bits per heavy atom. The highest BCUT2D eigenvalue weighted by atomic mass is 35.5. The maximum atomic E-state index is 12.6. The number of amides is 3. The zero-order valence-electron chi connectivity index (χ0n) is 18.0. The van der Waals surface area contributed by atoms with Crippen molar-refractivity contribution in [1.29, 1.82) is 0 Å². The van der Waals surface area contributed by atoms with Gasteiger partial charge in [-0.1, -0.05) is 41.4 Å². The molecule has 3 amide bonds. The minimum atomic E-state index is -0.874. The summed E-state index contributed by atoms with van der Waals surface area (Å²) in [4.78, 5) is 37.3. The maximum Gasteiger partial charge on any atom is 0.276 e. The maximum absolute atomic E-state index is 12.6. The van der Waals surface area contributed by atoms with Crippen LogP contribution >= 0.6 is 35.0 Å². The fourth-order valence-electron chi connectivity index (χ4n) is 2.83. The van der Waals surface area contributed by atoms with E-state index < -0.39 is 23.8 Å². The van der Waals surface area contributed by atoms with Gasteiger partial charge in [-0.05, 0) is 61.6 Å². The summed E-state index contributed by atoms with van der Waals surface area (Å²) in [6, 6.07) is 9.26. The van der Waals surface area contributed by atoms with Crippen molar-refractivity contribution in [3.05, 3.63) is 63.1 Å². The molecule has 172 valence electrons. The minimum absolute atomic E-state index is 0.177. The van der Waals surface area contributed by atoms with Crippen LogP contribution in [0, 0.1) is 13.8 Å². The molecule has 32 heavy (non-hydrogen) atoms. The number of benzene rings is 2. The van der Waals surface area contributed by atoms with Crippen LogP contribution in [-0.4, -0.2) is 42.4 Å². The highest BCUT2D eigenvalue weighted by Crippen LogP contribution is 2.22. The lowest BCUT2D eigenvalue weighted by Gasteiger charge is -2.19. The van der Waals surface area contributed by atoms with E-state index in [1.54, 1.807) is 0 Å². The second-order valence-electron chi connectivity index (χ2n) is 6.98. The number of ether oxygens (including phenoxy) is 1. The van der Waals surface area contributed by atoms with E-state index in [0.717, 1.165) is 11.1 Å². The van der Waals surface area contributed by atoms with E-state index in [9.17, 15) is 14.4 Å². The zero-order chi connectivity index (χ0) is 23.7. The van der Waals surface area contributed by atoms with Gasteiger partial charge in [-0.15, -0.1) is 0 Å². The molecule has 10 heteroatoms. The van der Waals surface area contributed by atoms with Crippen LogP contribution in [-0.2, 0) is 9.59 Å². The van der Waals surface area contributed by atoms with Gasteiger partial charge in [0.1, 0.15) is 11.8 Å². The Morgan fingerprint density at radius 2 is 1.75 bits per heavy atom. The molecule has 0 aliphatic rings. The van der Waals surface area contributed by atoms with Crippen LogP contribution < -0.4 is 20.9 Å². The number of rotatable bonds is 9. The number of halogens is 2. The van der Waals surface area contributed by atoms with Crippen LogP contribution in [0.3, 0.4) is 0 Å². The highest BCUT2D eigenvalue weighted by molar-refractivity contribution is 7.98. The lowest BCUT2D eigenvalue weighted by Crippen LogP contribution is -2.53. The normalized spacial score (nSPS) is 11.4. The summed E-state index contributed by atoms with van der Waals surface area (Å²) in [5, 5.41) is 3.22. The van der Waals surface area contributed by atoms with E-state index in [-0.39, 0.29) is 17.2 Å². The van der Waals surface area contributed by atoms with Gasteiger partial charge in [0.05, 0.1) is 10.6 Å². The van der Waals surface area contributed by atoms with E-state index in [4.69, 9.17) is 27.9 Å². The molecule has 0 spiro atoms. The summed E-state index contributed by atoms with van der Waals surface area (Å²) >= 11 is 13.5. The Bertz CT molecular complexity index is 967. The quantitative estimate of drug-likeness (QED) is 0.459. The van der Waals surface area contributed by atoms with Crippen LogP contribution in [0.15, 0.2) is 36.4 Å². The molecular weight excluding hydrogens is 473 g/mol. The average Bonchev–Trinajstić information content (AvgIpc) is 2.74. The first kappa shape index (κ1) is 25.8. The smallest absolute Gasteiger partial charge is 0.276 e. The number of carbonyl (C=O) groups excluding carboxylic acids is 3. The van der Waals surface area contributed by atoms with Crippen LogP contribution in [0.1, 0.15) is 27.9 Å². The third kappa shape index (κ3) is 7.62. The Morgan fingerprint density at radius 1 is 1.06 bits per heavy atom. The lowest BCUT2D eigenvalue weighted by atomic mass is 10.1. The topological polar surface area (TPSA) is 96.5 Å². The van der Waals surface area contributed by atoms with Crippen LogP contribution in [0.2, 0.25) is 10.0 Å². The number of hydrogen-bond acceptors (Lipinski definition) is 5. The van der Waals surface area contributed by atoms with E-state index >= 15 is 0 Å². The molecule has 7 nitrogen and oxygen atoms in total. The Labute approximate surface area is 201 Å². The van der Waals surface area contributed by atoms with Crippen LogP contribution in [0.4, 0.5) is 0 Å². The van der Waals surface area contributed by atoms with Crippen molar-refractivity contribution >= 4 is 52.7 Å². The molecule has 2 rings (SSSR count). The molecule has 0 saturated heterocycles. The number of nitrogens with one attached hydrogen (secondary N) is 3. The van der Waals surface area contributed by atoms with Gasteiger partial charge in [0.15, 0.2) is 6.61 Å². The van der Waals surface area contributed by atoms with E-state index in [1.165, 1.54) is 30.0 Å². The third-order valence-corrected chi connectivity index (χ3v) is 5.68. The molecule has 2 aromatic rings. The second kappa shape index (κ2) is 12.6. The Kier molecular flexibility index (Phi) is 10.2. The van der Waals surface area contributed by atoms with Gasteiger partial charge < -0.3 is 10.1 Å². The van der Waals surface area contributed by atoms with Gasteiger partial charge in [-0.25, -0.2) is 0 Å². The number of hydrogen-bond donors (Lipinski definition) is 3. The Balaban J connectivity index is 1.93. The van der Waals surface area contributed by atoms with Crippen LogP contribution in [0.25, 0.3) is 0 Å². The SMILES string of the molecule is CSCCC(NC(=O)c1ccc(Cl)cc1Cl)C(=O)NNC(=O)COc1c(C)cccc1C. The molecule has 0 aliphatic carbocycles. The summed E-state index contributed by atoms with van der Waals surface area (Å²) in [5.74, 6) is -0.359. The largest absolute Gasteiger partial charge is 0.483 e. The number of carbonyl (C=O) groups is 3. The molecule has 0 fully saturated rings. The molecule has 3 N–H and O–H groups in total. The first-order valence-electron chi connectivity index (χ1n) is 9.75. The van der Waals surface area contributed by atoms with Crippen molar-refractivity contribution in [3.63, 3.8) is 0 Å². The molecule has 0 saturated carbocycles. The van der Waals surface area contributed by atoms with Crippen molar-refractivity contribution < 1.29 is 19.1 Å². The van der Waals surface area contributed by atoms with Gasteiger partial charge in [-0.3, -0.25) is 25.2 Å². The van der Waals surface area contributed by atoms with Crippen LogP contribution in [0.5, 0.6) is 5.75 Å². The average molecular weight is 498 g/mol. The predicted molar refractivity (Wildman–Crippen MR) is 128 cm³/mol. The molecule has 0 aliphatic heterocycles. The standard InChI is InChI=1S/C22H25Cl2N3O4S/c1-13-5-4-6-14(2)20(13)31-12-19(28)26-27-22(30)18(9-10-32-3)25-21(29)16-8-7-15(23)11-17(16)24/h4-8,11,18H,9-10,12H2,1-3H3,(H,25,29)(H,26,28)(H,27,30). The fourth-order valence-corrected chi connectivity index (χ4v) is 3.80. The summed E-state index contributed by atoms with van der Waals surface area (Å²) in [7, 11) is 0. The van der Waals surface area contributed by atoms with E-state index in [1.807, 2.05) is 38.3 Å². The van der Waals surface area contributed by atoms with Gasteiger partial charge in [0, 0.05) is 5.02 Å². The van der Waals surface area contributed by atoms with Crippen molar-refractivity contribution in [2.45, 2.75) is 26.3 Å². The highest BCUT2D eigenvalue weighted by Gasteiger charge is 2.23. The van der Waals surface area contributed by atoms with Crippen molar-refractivity contribution in [2.24, 2.45) is 0 Å². The first-order valence-corrected chi connectivity index (χ1v) is 11.9. The predicted octanol–water partition coefficient (Wildman–Crippen LogP) is 3.69. The molecular formula is C22H25Cl2N3O4S. The van der Waals surface area contributed by atoms with E-state index in [2.05, 4.69) is 16.2 Å². The number of hydrazine groups is 1. The third-order valence-electron chi connectivity index (χ3n) is 4.49. The minimum Gasteiger partial charge on any atom is -0.483 e. The zero-order valence-corrected chi connectivity index (χ0v) is 20.3. The number of para-hydroxylation sites is 1. The monoisotopic (exact) mass is 497 g/mol. The molecule has 0 aromatic heterocycles. The molecule has 1 unspecified atom stereocenters. The Hall–Kier alpha value is -2.42. The van der Waals surface area contributed by atoms with Crippen molar-refractivity contribution in [3.8, 4) is 5.75 Å². The molecule has 0 heterocycles. The van der Waals surface area contributed by atoms with Crippen molar-refractivity contribution in [2.75, 3.05) is 18.6 Å². The van der Waals surface area contributed by atoms with Gasteiger partial charge in [0.2, 0.25) is 0 Å². The summed E-state index contributed by atoms with van der Waals surface area (Å²) < 4.78 is 5.57. The molecule has 2 aromatic carbocycles. The van der Waals surface area contributed by atoms with E-state index in [0.29, 0.717) is 22.9 Å². The molecule has 0 radical (unpaired) electrons. The van der Waals surface area contributed by atoms with Gasteiger partial charge >= 0.3 is 0 Å². The molecule has 0 bridgehead atoms. The first-order chi connectivity index (χ1) is 15.2. The number of aryl methyl sites for hydroxylation is 2. The molecule has 1 atom stereocenters. The number of thioether (sulfide) groups is 1. The van der Waals surface area contributed by atoms with Gasteiger partial charge in [0.25, 0.3) is 17.7 Å². The summed E-state index contributed by atoms with van der Waals surface area (Å²) in [5.41, 5.74) is 6.66. The van der Waals surface area contributed by atoms with Gasteiger partial charge in [-0.2, -0.15) is 11.8 Å². The summed E-state index contributed by atoms with van der Waals surface area (Å²) in [6.07, 6.45) is 2.25. The van der Waals surface area contributed by atoms with Crippen molar-refractivity contribution in [1.82, 2.24) is 16.2 Å².